The van der Waals surface area contributed by atoms with E-state index in [-0.39, 0.29) is 30.3 Å². The quantitative estimate of drug-likeness (QED) is 0.460. The molecule has 4 nitrogen and oxygen atoms in total. The van der Waals surface area contributed by atoms with Crippen molar-refractivity contribution in [1.82, 2.24) is 0 Å². The first kappa shape index (κ1) is 21.5. The number of halogens is 3. The molecule has 30 heavy (non-hydrogen) atoms. The highest BCUT2D eigenvalue weighted by molar-refractivity contribution is 5.72. The molecular formula is C23H21F3O4. The number of benzene rings is 3. The highest BCUT2D eigenvalue weighted by Gasteiger charge is 2.32. The smallest absolute Gasteiger partial charge is 0.493 e. The maximum atomic E-state index is 12.9. The summed E-state index contributed by atoms with van der Waals surface area (Å²) in [5, 5.41) is 8.82. The SMILES string of the molecule is OCCCOc1ccc(-c2cccc(OCc3ccccc3)c2)c(OC(F)(F)F)c1. The van der Waals surface area contributed by atoms with Crippen molar-refractivity contribution in [3.8, 4) is 28.4 Å². The van der Waals surface area contributed by atoms with Gasteiger partial charge in [0.25, 0.3) is 0 Å². The highest BCUT2D eigenvalue weighted by atomic mass is 19.4. The van der Waals surface area contributed by atoms with Gasteiger partial charge >= 0.3 is 6.36 Å². The molecule has 0 spiro atoms. The number of aliphatic hydroxyl groups is 1. The van der Waals surface area contributed by atoms with E-state index >= 15 is 0 Å². The molecule has 0 heterocycles. The molecule has 0 bridgehead atoms. The first-order valence-electron chi connectivity index (χ1n) is 9.35. The van der Waals surface area contributed by atoms with Gasteiger partial charge in [0, 0.05) is 24.7 Å². The number of hydrogen-bond acceptors (Lipinski definition) is 4. The summed E-state index contributed by atoms with van der Waals surface area (Å²) in [4.78, 5) is 0. The fourth-order valence-corrected chi connectivity index (χ4v) is 2.79. The molecule has 0 aromatic heterocycles. The zero-order chi connectivity index (χ0) is 21.4. The van der Waals surface area contributed by atoms with Crippen LogP contribution < -0.4 is 14.2 Å². The molecule has 3 rings (SSSR count). The molecule has 0 amide bonds. The van der Waals surface area contributed by atoms with Gasteiger partial charge in [-0.05, 0) is 35.4 Å². The van der Waals surface area contributed by atoms with Gasteiger partial charge in [-0.3, -0.25) is 0 Å². The minimum absolute atomic E-state index is 0.0697. The van der Waals surface area contributed by atoms with Gasteiger partial charge in [0.1, 0.15) is 23.9 Å². The van der Waals surface area contributed by atoms with E-state index in [1.165, 1.54) is 12.1 Å². The molecule has 1 N–H and O–H groups in total. The van der Waals surface area contributed by atoms with E-state index in [0.29, 0.717) is 24.3 Å². The Morgan fingerprint density at radius 3 is 2.30 bits per heavy atom. The van der Waals surface area contributed by atoms with Gasteiger partial charge in [-0.1, -0.05) is 42.5 Å². The van der Waals surface area contributed by atoms with Crippen molar-refractivity contribution in [3.05, 3.63) is 78.4 Å². The van der Waals surface area contributed by atoms with Crippen molar-refractivity contribution in [1.29, 1.82) is 0 Å². The highest BCUT2D eigenvalue weighted by Crippen LogP contribution is 2.37. The molecule has 3 aromatic rings. The first-order chi connectivity index (χ1) is 14.4. The third kappa shape index (κ3) is 6.42. The summed E-state index contributed by atoms with van der Waals surface area (Å²) in [6.45, 7) is 0.456. The van der Waals surface area contributed by atoms with E-state index in [1.54, 1.807) is 30.3 Å². The lowest BCUT2D eigenvalue weighted by atomic mass is 10.0. The van der Waals surface area contributed by atoms with Crippen LogP contribution in [-0.4, -0.2) is 24.7 Å². The van der Waals surface area contributed by atoms with Crippen LogP contribution in [0.15, 0.2) is 72.8 Å². The summed E-state index contributed by atoms with van der Waals surface area (Å²) in [5.74, 6) is 0.379. The largest absolute Gasteiger partial charge is 0.573 e. The minimum Gasteiger partial charge on any atom is -0.493 e. The van der Waals surface area contributed by atoms with Crippen molar-refractivity contribution in [3.63, 3.8) is 0 Å². The van der Waals surface area contributed by atoms with Crippen molar-refractivity contribution < 1.29 is 32.5 Å². The van der Waals surface area contributed by atoms with E-state index in [0.717, 1.165) is 5.56 Å². The molecule has 158 valence electrons. The van der Waals surface area contributed by atoms with Gasteiger partial charge < -0.3 is 19.3 Å². The Labute approximate surface area is 172 Å². The Morgan fingerprint density at radius 1 is 0.800 bits per heavy atom. The average Bonchev–Trinajstić information content (AvgIpc) is 2.72. The van der Waals surface area contributed by atoms with Gasteiger partial charge in [0.2, 0.25) is 0 Å². The van der Waals surface area contributed by atoms with Crippen molar-refractivity contribution >= 4 is 0 Å². The number of alkyl halides is 3. The molecule has 0 saturated heterocycles. The third-order valence-electron chi connectivity index (χ3n) is 4.14. The van der Waals surface area contributed by atoms with Crippen LogP contribution in [-0.2, 0) is 6.61 Å². The summed E-state index contributed by atoms with van der Waals surface area (Å²) >= 11 is 0. The number of hydrogen-bond donors (Lipinski definition) is 1. The van der Waals surface area contributed by atoms with Crippen molar-refractivity contribution in [2.24, 2.45) is 0 Å². The predicted molar refractivity (Wildman–Crippen MR) is 107 cm³/mol. The fraction of sp³-hybridized carbons (Fsp3) is 0.217. The zero-order valence-corrected chi connectivity index (χ0v) is 16.1. The van der Waals surface area contributed by atoms with E-state index in [9.17, 15) is 13.2 Å². The van der Waals surface area contributed by atoms with Crippen LogP contribution >= 0.6 is 0 Å². The Bertz CT molecular complexity index is 943. The van der Waals surface area contributed by atoms with Gasteiger partial charge in [0.05, 0.1) is 6.61 Å². The molecule has 7 heteroatoms. The standard InChI is InChI=1S/C23H21F3O4/c24-23(25,26)30-22-15-20(28-13-5-12-27)10-11-21(22)18-8-4-9-19(14-18)29-16-17-6-2-1-3-7-17/h1-4,6-11,14-15,27H,5,12-13,16H2. The molecule has 0 radical (unpaired) electrons. The van der Waals surface area contributed by atoms with E-state index in [2.05, 4.69) is 4.74 Å². The van der Waals surface area contributed by atoms with Crippen LogP contribution in [0.1, 0.15) is 12.0 Å². The Kier molecular flexibility index (Phi) is 7.19. The number of aliphatic hydroxyl groups excluding tert-OH is 1. The van der Waals surface area contributed by atoms with E-state index in [4.69, 9.17) is 14.6 Å². The van der Waals surface area contributed by atoms with Gasteiger partial charge in [0.15, 0.2) is 0 Å². The van der Waals surface area contributed by atoms with Crippen LogP contribution in [0.2, 0.25) is 0 Å². The summed E-state index contributed by atoms with van der Waals surface area (Å²) in [7, 11) is 0. The van der Waals surface area contributed by atoms with Crippen LogP contribution in [0.25, 0.3) is 11.1 Å². The second kappa shape index (κ2) is 10.0. The summed E-state index contributed by atoms with van der Waals surface area (Å²) < 4.78 is 54.2. The number of rotatable bonds is 9. The Hall–Kier alpha value is -3.19. The molecule has 0 fully saturated rings. The molecular weight excluding hydrogens is 397 g/mol. The molecule has 0 unspecified atom stereocenters. The normalized spacial score (nSPS) is 11.2. The summed E-state index contributed by atoms with van der Waals surface area (Å²) in [6.07, 6.45) is -4.47. The fourth-order valence-electron chi connectivity index (χ4n) is 2.79. The second-order valence-electron chi connectivity index (χ2n) is 6.43. The summed E-state index contributed by atoms with van der Waals surface area (Å²) in [5.41, 5.74) is 1.75. The average molecular weight is 418 g/mol. The zero-order valence-electron chi connectivity index (χ0n) is 16.1. The molecule has 0 aliphatic rings. The van der Waals surface area contributed by atoms with Crippen LogP contribution in [0, 0.1) is 0 Å². The van der Waals surface area contributed by atoms with Gasteiger partial charge in [-0.25, -0.2) is 0 Å². The molecule has 3 aromatic carbocycles. The predicted octanol–water partition coefficient (Wildman–Crippen LogP) is 5.59. The lowest BCUT2D eigenvalue weighted by Crippen LogP contribution is -2.17. The maximum Gasteiger partial charge on any atom is 0.573 e. The van der Waals surface area contributed by atoms with Crippen LogP contribution in [0.3, 0.4) is 0 Å². The third-order valence-corrected chi connectivity index (χ3v) is 4.14. The topological polar surface area (TPSA) is 47.9 Å². The van der Waals surface area contributed by atoms with E-state index < -0.39 is 6.36 Å². The monoisotopic (exact) mass is 418 g/mol. The van der Waals surface area contributed by atoms with Crippen molar-refractivity contribution in [2.75, 3.05) is 13.2 Å². The van der Waals surface area contributed by atoms with E-state index in [1.807, 2.05) is 30.3 Å². The molecule has 0 aliphatic heterocycles. The minimum atomic E-state index is -4.85. The Morgan fingerprint density at radius 2 is 1.57 bits per heavy atom. The lowest BCUT2D eigenvalue weighted by Gasteiger charge is -2.16. The molecule has 0 saturated carbocycles. The lowest BCUT2D eigenvalue weighted by molar-refractivity contribution is -0.274. The van der Waals surface area contributed by atoms with Crippen LogP contribution in [0.5, 0.6) is 17.2 Å². The van der Waals surface area contributed by atoms with Crippen molar-refractivity contribution in [2.45, 2.75) is 19.4 Å². The molecule has 0 aliphatic carbocycles. The second-order valence-corrected chi connectivity index (χ2v) is 6.43. The number of ether oxygens (including phenoxy) is 3. The van der Waals surface area contributed by atoms with Gasteiger partial charge in [-0.15, -0.1) is 13.2 Å². The first-order valence-corrected chi connectivity index (χ1v) is 9.35. The Balaban J connectivity index is 1.84. The van der Waals surface area contributed by atoms with Gasteiger partial charge in [-0.2, -0.15) is 0 Å². The maximum absolute atomic E-state index is 12.9. The van der Waals surface area contributed by atoms with Crippen LogP contribution in [0.4, 0.5) is 13.2 Å². The molecule has 0 atom stereocenters. The summed E-state index contributed by atoms with van der Waals surface area (Å²) in [6, 6.07) is 20.6.